The van der Waals surface area contributed by atoms with Gasteiger partial charge in [0.2, 0.25) is 5.71 Å². The zero-order valence-electron chi connectivity index (χ0n) is 47.6. The van der Waals surface area contributed by atoms with Gasteiger partial charge in [-0.1, -0.05) is 103 Å². The number of nitrogens with zero attached hydrogens (tertiary/aromatic N) is 3. The summed E-state index contributed by atoms with van der Waals surface area (Å²) < 4.78 is 116. The number of rotatable bonds is 8. The fourth-order valence-corrected chi connectivity index (χ4v) is 8.44. The molecule has 312 valence electrons. The van der Waals surface area contributed by atoms with E-state index in [1.165, 1.54) is 18.2 Å². The van der Waals surface area contributed by atoms with Gasteiger partial charge in [0, 0.05) is 51.0 Å². The quantitative estimate of drug-likeness (QED) is 0.152. The lowest BCUT2D eigenvalue weighted by atomic mass is 9.93. The SMILES string of the molecule is [2H]C([2H])([2H])c1cnc(-c2cc(Oc3cc(-c4cc(-c5ccc(C)cc5C)c(C)cn4)c4oc5nc(C)cc(C([2H])([2H])[2H])c5c4c3)c(C([2H])([2H])[2H])c(-c3ccc(-c4ccc(-c5ccccc5)cc4)cc3)c2)cc1C([2H])([2H])[2H]. The highest BCUT2D eigenvalue weighted by Crippen LogP contribution is 2.44. The molecule has 0 unspecified atom stereocenters. The second-order valence-corrected chi connectivity index (χ2v) is 16.3. The van der Waals surface area contributed by atoms with E-state index in [0.717, 1.165) is 56.3 Å². The zero-order chi connectivity index (χ0) is 54.2. The van der Waals surface area contributed by atoms with Gasteiger partial charge in [-0.05, 0) is 175 Å². The molecule has 6 aromatic carbocycles. The standard InChI is InChI=1S/C59H49N3O2/c1-34-14-23-49(36(3)24-34)50-31-55(61-33-39(50)6)52-29-48(30-53-57-37(4)25-40(7)62-59(57)64-58(52)53)63-56-28-47(54-26-35(2)38(5)32-60-54)27-51(41(56)8)46-21-19-45(20-22-46)44-17-15-43(16-18-44)42-12-10-9-11-13-42/h9-33H,1-8H3/i2D3,4D3,5D3,8D3. The molecule has 64 heavy (non-hydrogen) atoms. The number of hydrogen-bond acceptors (Lipinski definition) is 5. The Labute approximate surface area is 392 Å². The van der Waals surface area contributed by atoms with Gasteiger partial charge in [0.15, 0.2) is 0 Å². The first kappa shape index (κ1) is 28.9. The minimum Gasteiger partial charge on any atom is -0.457 e. The molecule has 0 fully saturated rings. The summed E-state index contributed by atoms with van der Waals surface area (Å²) >= 11 is 0. The number of pyridine rings is 3. The van der Waals surface area contributed by atoms with Crippen LogP contribution >= 0.6 is 0 Å². The van der Waals surface area contributed by atoms with Crippen LogP contribution in [0.5, 0.6) is 11.5 Å². The number of aromatic nitrogens is 3. The third-order valence-corrected chi connectivity index (χ3v) is 11.7. The summed E-state index contributed by atoms with van der Waals surface area (Å²) in [5.74, 6) is -0.0874. The molecule has 0 N–H and O–H groups in total. The van der Waals surface area contributed by atoms with Crippen molar-refractivity contribution in [3.8, 4) is 78.5 Å². The first-order chi connectivity index (χ1) is 35.8. The topological polar surface area (TPSA) is 61.0 Å². The maximum atomic E-state index is 9.09. The van der Waals surface area contributed by atoms with E-state index in [2.05, 4.69) is 16.0 Å². The summed E-state index contributed by atoms with van der Waals surface area (Å²) in [6, 6.07) is 42.5. The van der Waals surface area contributed by atoms with Crippen molar-refractivity contribution in [1.29, 1.82) is 0 Å². The molecule has 0 saturated heterocycles. The van der Waals surface area contributed by atoms with E-state index in [0.29, 0.717) is 27.9 Å². The van der Waals surface area contributed by atoms with E-state index < -0.39 is 38.5 Å². The number of ether oxygens (including phenoxy) is 1. The molecule has 0 spiro atoms. The molecular formula is C59H49N3O2. The van der Waals surface area contributed by atoms with Crippen LogP contribution in [0.15, 0.2) is 156 Å². The number of fused-ring (bicyclic) bond motifs is 3. The van der Waals surface area contributed by atoms with Crippen molar-refractivity contribution in [3.05, 3.63) is 197 Å². The molecule has 4 aromatic heterocycles. The lowest BCUT2D eigenvalue weighted by Gasteiger charge is -2.17. The molecule has 10 aromatic rings. The third kappa shape index (κ3) is 7.53. The molecule has 10 rings (SSSR count). The molecule has 0 aliphatic heterocycles. The van der Waals surface area contributed by atoms with Crippen LogP contribution in [0.4, 0.5) is 0 Å². The lowest BCUT2D eigenvalue weighted by Crippen LogP contribution is -1.96. The molecule has 0 saturated carbocycles. The van der Waals surface area contributed by atoms with Crippen LogP contribution in [0, 0.1) is 55.1 Å². The van der Waals surface area contributed by atoms with Gasteiger partial charge >= 0.3 is 0 Å². The Morgan fingerprint density at radius 1 is 0.484 bits per heavy atom. The fraction of sp³-hybridized carbons (Fsp3) is 0.136. The number of benzene rings is 6. The minimum atomic E-state index is -2.86. The zero-order valence-corrected chi connectivity index (χ0v) is 35.6. The predicted molar refractivity (Wildman–Crippen MR) is 264 cm³/mol. The van der Waals surface area contributed by atoms with Crippen molar-refractivity contribution < 1.29 is 25.6 Å². The van der Waals surface area contributed by atoms with Gasteiger partial charge in [0.05, 0.1) is 16.8 Å². The Kier molecular flexibility index (Phi) is 7.33. The Morgan fingerprint density at radius 2 is 1.17 bits per heavy atom. The normalized spacial score (nSPS) is 15.0. The molecule has 0 radical (unpaired) electrons. The van der Waals surface area contributed by atoms with Crippen LogP contribution in [0.25, 0.3) is 89.1 Å². The molecule has 5 nitrogen and oxygen atoms in total. The number of furan rings is 1. The van der Waals surface area contributed by atoms with Gasteiger partial charge in [0.1, 0.15) is 17.1 Å². The molecule has 0 atom stereocenters. The molecule has 0 aliphatic carbocycles. The summed E-state index contributed by atoms with van der Waals surface area (Å²) in [6.07, 6.45) is 2.76. The van der Waals surface area contributed by atoms with Crippen molar-refractivity contribution in [3.63, 3.8) is 0 Å². The molecule has 0 amide bonds. The summed E-state index contributed by atoms with van der Waals surface area (Å²) in [5.41, 5.74) is 10.2. The molecule has 0 bridgehead atoms. The van der Waals surface area contributed by atoms with Gasteiger partial charge in [-0.2, -0.15) is 0 Å². The van der Waals surface area contributed by atoms with Gasteiger partial charge in [-0.25, -0.2) is 4.98 Å². The van der Waals surface area contributed by atoms with E-state index in [4.69, 9.17) is 30.6 Å². The van der Waals surface area contributed by atoms with E-state index in [1.807, 2.05) is 106 Å². The van der Waals surface area contributed by atoms with Gasteiger partial charge in [-0.3, -0.25) is 9.97 Å². The van der Waals surface area contributed by atoms with Gasteiger partial charge < -0.3 is 9.15 Å². The van der Waals surface area contributed by atoms with Crippen LogP contribution in [-0.2, 0) is 0 Å². The van der Waals surface area contributed by atoms with E-state index in [1.54, 1.807) is 43.5 Å². The monoisotopic (exact) mass is 843 g/mol. The minimum absolute atomic E-state index is 0.00984. The fourth-order valence-electron chi connectivity index (χ4n) is 8.44. The van der Waals surface area contributed by atoms with Crippen LogP contribution in [-0.4, -0.2) is 15.0 Å². The lowest BCUT2D eigenvalue weighted by molar-refractivity contribution is 0.480. The first-order valence-electron chi connectivity index (χ1n) is 26.9. The summed E-state index contributed by atoms with van der Waals surface area (Å²) in [5, 5.41) is 0.532. The Hall–Kier alpha value is -7.63. The Morgan fingerprint density at radius 3 is 1.88 bits per heavy atom. The van der Waals surface area contributed by atoms with Crippen LogP contribution in [0.2, 0.25) is 0 Å². The predicted octanol–water partition coefficient (Wildman–Crippen LogP) is 16.0. The summed E-state index contributed by atoms with van der Waals surface area (Å²) in [4.78, 5) is 14.0. The Bertz CT molecular complexity index is 3880. The summed E-state index contributed by atoms with van der Waals surface area (Å²) in [7, 11) is 0. The van der Waals surface area contributed by atoms with E-state index in [9.17, 15) is 0 Å². The van der Waals surface area contributed by atoms with Crippen molar-refractivity contribution >= 4 is 22.1 Å². The van der Waals surface area contributed by atoms with Crippen LogP contribution in [0.1, 0.15) is 61.1 Å². The second-order valence-electron chi connectivity index (χ2n) is 16.3. The molecule has 5 heteroatoms. The molecular weight excluding hydrogens is 783 g/mol. The Balaban J connectivity index is 1.20. The highest BCUT2D eigenvalue weighted by Gasteiger charge is 2.21. The highest BCUT2D eigenvalue weighted by molar-refractivity contribution is 6.10. The molecule has 0 aliphatic rings. The smallest absolute Gasteiger partial charge is 0.227 e. The van der Waals surface area contributed by atoms with Gasteiger partial charge in [0.25, 0.3) is 0 Å². The largest absolute Gasteiger partial charge is 0.457 e. The average molecular weight is 844 g/mol. The number of hydrogen-bond donors (Lipinski definition) is 0. The summed E-state index contributed by atoms with van der Waals surface area (Å²) in [6.45, 7) is -3.43. The molecule has 4 heterocycles. The van der Waals surface area contributed by atoms with Crippen molar-refractivity contribution in [2.45, 2.75) is 55.1 Å². The first-order valence-corrected chi connectivity index (χ1v) is 20.9. The van der Waals surface area contributed by atoms with Crippen molar-refractivity contribution in [2.24, 2.45) is 0 Å². The van der Waals surface area contributed by atoms with E-state index >= 15 is 0 Å². The van der Waals surface area contributed by atoms with Crippen LogP contribution in [0.3, 0.4) is 0 Å². The van der Waals surface area contributed by atoms with Gasteiger partial charge in [-0.15, -0.1) is 0 Å². The van der Waals surface area contributed by atoms with Crippen LogP contribution < -0.4 is 4.74 Å². The number of aryl methyl sites for hydroxylation is 7. The second kappa shape index (κ2) is 16.2. The van der Waals surface area contributed by atoms with E-state index in [-0.39, 0.29) is 56.1 Å². The van der Waals surface area contributed by atoms with Crippen molar-refractivity contribution in [1.82, 2.24) is 15.0 Å². The average Bonchev–Trinajstić information content (AvgIpc) is 3.73. The third-order valence-electron chi connectivity index (χ3n) is 11.7. The maximum absolute atomic E-state index is 9.09. The highest BCUT2D eigenvalue weighted by atomic mass is 16.5. The maximum Gasteiger partial charge on any atom is 0.227 e. The van der Waals surface area contributed by atoms with Crippen molar-refractivity contribution in [2.75, 3.05) is 0 Å².